The molecule has 0 spiro atoms. The van der Waals surface area contributed by atoms with E-state index in [4.69, 9.17) is 4.74 Å². The minimum atomic E-state index is 0.283. The average Bonchev–Trinajstić information content (AvgIpc) is 2.32. The molecule has 1 atom stereocenters. The van der Waals surface area contributed by atoms with Crippen molar-refractivity contribution in [3.8, 4) is 11.5 Å². The Morgan fingerprint density at radius 1 is 1.35 bits per heavy atom. The van der Waals surface area contributed by atoms with Gasteiger partial charge < -0.3 is 9.84 Å². The summed E-state index contributed by atoms with van der Waals surface area (Å²) >= 11 is 0. The third-order valence-corrected chi connectivity index (χ3v) is 2.62. The standard InChI is InChI=1S/C15H22O2/c1-4-6-8-12(3)11-13-9-7-10-14(15(13)16)17-5-2/h6-10,12,16H,4-5,11H2,1-3H3/b8-6-. The van der Waals surface area contributed by atoms with Gasteiger partial charge in [-0.2, -0.15) is 0 Å². The van der Waals surface area contributed by atoms with Crippen molar-refractivity contribution in [2.45, 2.75) is 33.6 Å². The topological polar surface area (TPSA) is 29.5 Å². The second-order valence-electron chi connectivity index (χ2n) is 4.21. The summed E-state index contributed by atoms with van der Waals surface area (Å²) in [6.07, 6.45) is 6.24. The highest BCUT2D eigenvalue weighted by Crippen LogP contribution is 2.31. The summed E-state index contributed by atoms with van der Waals surface area (Å²) in [7, 11) is 0. The molecule has 2 heteroatoms. The van der Waals surface area contributed by atoms with Crippen molar-refractivity contribution in [2.24, 2.45) is 5.92 Å². The van der Waals surface area contributed by atoms with E-state index in [1.165, 1.54) is 0 Å². The Morgan fingerprint density at radius 2 is 2.12 bits per heavy atom. The van der Waals surface area contributed by atoms with Crippen LogP contribution in [0.4, 0.5) is 0 Å². The smallest absolute Gasteiger partial charge is 0.161 e. The van der Waals surface area contributed by atoms with Crippen molar-refractivity contribution in [2.75, 3.05) is 6.61 Å². The van der Waals surface area contributed by atoms with Crippen molar-refractivity contribution in [3.63, 3.8) is 0 Å². The van der Waals surface area contributed by atoms with Crippen molar-refractivity contribution in [3.05, 3.63) is 35.9 Å². The maximum Gasteiger partial charge on any atom is 0.161 e. The van der Waals surface area contributed by atoms with E-state index in [0.717, 1.165) is 18.4 Å². The minimum Gasteiger partial charge on any atom is -0.504 e. The molecule has 1 aromatic rings. The van der Waals surface area contributed by atoms with E-state index in [1.807, 2.05) is 19.1 Å². The van der Waals surface area contributed by atoms with Crippen molar-refractivity contribution in [1.82, 2.24) is 0 Å². The third kappa shape index (κ3) is 4.14. The van der Waals surface area contributed by atoms with Crippen LogP contribution in [0.2, 0.25) is 0 Å². The van der Waals surface area contributed by atoms with Gasteiger partial charge >= 0.3 is 0 Å². The maximum atomic E-state index is 10.0. The highest BCUT2D eigenvalue weighted by Gasteiger charge is 2.09. The zero-order valence-electron chi connectivity index (χ0n) is 10.9. The Kier molecular flexibility index (Phi) is 5.61. The molecule has 0 saturated heterocycles. The molecule has 0 aliphatic carbocycles. The first kappa shape index (κ1) is 13.6. The van der Waals surface area contributed by atoms with Gasteiger partial charge in [0.05, 0.1) is 6.61 Å². The number of aromatic hydroxyl groups is 1. The lowest BCUT2D eigenvalue weighted by molar-refractivity contribution is 0.316. The molecule has 1 rings (SSSR count). The lowest BCUT2D eigenvalue weighted by Gasteiger charge is -2.12. The lowest BCUT2D eigenvalue weighted by atomic mass is 9.99. The highest BCUT2D eigenvalue weighted by atomic mass is 16.5. The summed E-state index contributed by atoms with van der Waals surface area (Å²) in [6.45, 7) is 6.76. The fraction of sp³-hybridized carbons (Fsp3) is 0.467. The van der Waals surface area contributed by atoms with E-state index in [1.54, 1.807) is 6.07 Å². The quantitative estimate of drug-likeness (QED) is 0.755. The summed E-state index contributed by atoms with van der Waals surface area (Å²) in [5.74, 6) is 1.29. The second kappa shape index (κ2) is 7.00. The summed E-state index contributed by atoms with van der Waals surface area (Å²) < 4.78 is 5.37. The van der Waals surface area contributed by atoms with Gasteiger partial charge in [0.2, 0.25) is 0 Å². The molecule has 17 heavy (non-hydrogen) atoms. The number of allylic oxidation sites excluding steroid dienone is 2. The molecule has 0 heterocycles. The zero-order valence-corrected chi connectivity index (χ0v) is 10.9. The van der Waals surface area contributed by atoms with Crippen LogP contribution in [0.5, 0.6) is 11.5 Å². The molecule has 0 aromatic heterocycles. The van der Waals surface area contributed by atoms with Crippen LogP contribution >= 0.6 is 0 Å². The molecule has 0 bridgehead atoms. The van der Waals surface area contributed by atoms with Crippen LogP contribution < -0.4 is 4.74 Å². The molecule has 1 N–H and O–H groups in total. The fourth-order valence-corrected chi connectivity index (χ4v) is 1.79. The minimum absolute atomic E-state index is 0.283. The van der Waals surface area contributed by atoms with Crippen LogP contribution in [0.3, 0.4) is 0 Å². The number of para-hydroxylation sites is 1. The van der Waals surface area contributed by atoms with Crippen LogP contribution in [-0.4, -0.2) is 11.7 Å². The van der Waals surface area contributed by atoms with Gasteiger partial charge in [-0.25, -0.2) is 0 Å². The number of phenolic OH excluding ortho intramolecular Hbond substituents is 1. The fourth-order valence-electron chi connectivity index (χ4n) is 1.79. The molecule has 1 unspecified atom stereocenters. The SMILES string of the molecule is CC/C=C\C(C)Cc1cccc(OCC)c1O. The Bertz CT molecular complexity index is 369. The van der Waals surface area contributed by atoms with Gasteiger partial charge in [0.1, 0.15) is 0 Å². The van der Waals surface area contributed by atoms with Gasteiger partial charge in [-0.05, 0) is 37.3 Å². The monoisotopic (exact) mass is 234 g/mol. The molecule has 1 aromatic carbocycles. The summed E-state index contributed by atoms with van der Waals surface area (Å²) in [4.78, 5) is 0. The first-order chi connectivity index (χ1) is 8.19. The number of hydrogen-bond acceptors (Lipinski definition) is 2. The summed E-state index contributed by atoms with van der Waals surface area (Å²) in [5, 5.41) is 10.0. The first-order valence-electron chi connectivity index (χ1n) is 6.29. The second-order valence-corrected chi connectivity index (χ2v) is 4.21. The van der Waals surface area contributed by atoms with E-state index >= 15 is 0 Å². The number of benzene rings is 1. The molecule has 2 nitrogen and oxygen atoms in total. The number of phenols is 1. The van der Waals surface area contributed by atoms with Gasteiger partial charge in [0.25, 0.3) is 0 Å². The van der Waals surface area contributed by atoms with E-state index in [0.29, 0.717) is 18.3 Å². The van der Waals surface area contributed by atoms with E-state index in [9.17, 15) is 5.11 Å². The van der Waals surface area contributed by atoms with Gasteiger partial charge in [-0.1, -0.05) is 38.1 Å². The maximum absolute atomic E-state index is 10.0. The van der Waals surface area contributed by atoms with E-state index < -0.39 is 0 Å². The Hall–Kier alpha value is -1.44. The van der Waals surface area contributed by atoms with Gasteiger partial charge in [0.15, 0.2) is 11.5 Å². The molecule has 0 fully saturated rings. The van der Waals surface area contributed by atoms with Crippen LogP contribution in [0.25, 0.3) is 0 Å². The zero-order chi connectivity index (χ0) is 12.7. The van der Waals surface area contributed by atoms with Gasteiger partial charge in [0, 0.05) is 0 Å². The van der Waals surface area contributed by atoms with Crippen LogP contribution in [0, 0.1) is 5.92 Å². The number of rotatable bonds is 6. The molecule has 0 amide bonds. The predicted octanol–water partition coefficient (Wildman–Crippen LogP) is 3.94. The van der Waals surface area contributed by atoms with Crippen LogP contribution in [0.15, 0.2) is 30.4 Å². The molecule has 0 radical (unpaired) electrons. The largest absolute Gasteiger partial charge is 0.504 e. The van der Waals surface area contributed by atoms with Crippen LogP contribution in [0.1, 0.15) is 32.8 Å². The Morgan fingerprint density at radius 3 is 2.76 bits per heavy atom. The highest BCUT2D eigenvalue weighted by molar-refractivity contribution is 5.45. The Labute approximate surface area is 104 Å². The third-order valence-electron chi connectivity index (χ3n) is 2.62. The normalized spacial score (nSPS) is 12.9. The molecule has 94 valence electrons. The summed E-state index contributed by atoms with van der Waals surface area (Å²) in [5.41, 5.74) is 0.948. The predicted molar refractivity (Wildman–Crippen MR) is 71.6 cm³/mol. The van der Waals surface area contributed by atoms with Gasteiger partial charge in [-0.3, -0.25) is 0 Å². The van der Waals surface area contributed by atoms with Gasteiger partial charge in [-0.15, -0.1) is 0 Å². The average molecular weight is 234 g/mol. The first-order valence-corrected chi connectivity index (χ1v) is 6.29. The summed E-state index contributed by atoms with van der Waals surface area (Å²) in [6, 6.07) is 5.68. The van der Waals surface area contributed by atoms with Crippen molar-refractivity contribution in [1.29, 1.82) is 0 Å². The van der Waals surface area contributed by atoms with Crippen LogP contribution in [-0.2, 0) is 6.42 Å². The molecule has 0 saturated carbocycles. The molecular weight excluding hydrogens is 212 g/mol. The van der Waals surface area contributed by atoms with Crippen molar-refractivity contribution < 1.29 is 9.84 Å². The molecule has 0 aliphatic rings. The Balaban J connectivity index is 2.77. The molecule has 0 aliphatic heterocycles. The lowest BCUT2D eigenvalue weighted by Crippen LogP contribution is -1.98. The van der Waals surface area contributed by atoms with E-state index in [2.05, 4.69) is 26.0 Å². The van der Waals surface area contributed by atoms with E-state index in [-0.39, 0.29) is 5.75 Å². The number of ether oxygens (including phenoxy) is 1. The number of hydrogen-bond donors (Lipinski definition) is 1. The molecular formula is C15H22O2. The van der Waals surface area contributed by atoms with Crippen molar-refractivity contribution >= 4 is 0 Å².